The summed E-state index contributed by atoms with van der Waals surface area (Å²) in [7, 11) is 0. The molecule has 0 saturated carbocycles. The summed E-state index contributed by atoms with van der Waals surface area (Å²) >= 11 is 1.82. The Morgan fingerprint density at radius 1 is 0.880 bits per heavy atom. The number of aliphatic hydroxyl groups excluding tert-OH is 1. The largest absolute Gasteiger partial charge is 0.385 e. The van der Waals surface area contributed by atoms with Crippen molar-refractivity contribution in [1.82, 2.24) is 0 Å². The number of quaternary nitrogens is 1. The van der Waals surface area contributed by atoms with Gasteiger partial charge in [-0.1, -0.05) is 36.0 Å². The van der Waals surface area contributed by atoms with E-state index in [1.165, 1.54) is 59.9 Å². The van der Waals surface area contributed by atoms with Gasteiger partial charge in [0, 0.05) is 9.79 Å². The molecular formula is C21H27N2OS+. The molecule has 4 rings (SSSR count). The van der Waals surface area contributed by atoms with Gasteiger partial charge in [-0.15, -0.1) is 0 Å². The molecule has 2 heterocycles. The van der Waals surface area contributed by atoms with E-state index in [1.54, 1.807) is 4.90 Å². The molecule has 0 amide bonds. The number of likely N-dealkylation sites (tertiary alicyclic amines) is 1. The van der Waals surface area contributed by atoms with Crippen LogP contribution in [0.4, 0.5) is 11.4 Å². The monoisotopic (exact) mass is 355 g/mol. The molecule has 3 nitrogen and oxygen atoms in total. The summed E-state index contributed by atoms with van der Waals surface area (Å²) in [5.74, 6) is 0. The van der Waals surface area contributed by atoms with Crippen molar-refractivity contribution < 1.29 is 10.0 Å². The normalized spacial score (nSPS) is 19.0. The van der Waals surface area contributed by atoms with Gasteiger partial charge in [-0.2, -0.15) is 0 Å². The second-order valence-electron chi connectivity index (χ2n) is 7.17. The van der Waals surface area contributed by atoms with Gasteiger partial charge >= 0.3 is 0 Å². The fourth-order valence-electron chi connectivity index (χ4n) is 4.02. The van der Waals surface area contributed by atoms with Gasteiger partial charge in [-0.25, -0.2) is 0 Å². The quantitative estimate of drug-likeness (QED) is 0.883. The third kappa shape index (κ3) is 3.86. The van der Waals surface area contributed by atoms with Crippen LogP contribution in [0.5, 0.6) is 0 Å². The predicted molar refractivity (Wildman–Crippen MR) is 104 cm³/mol. The first-order chi connectivity index (χ1) is 12.3. The number of fused-ring (bicyclic) bond motifs is 2. The number of hydrogen-bond donors (Lipinski definition) is 2. The summed E-state index contributed by atoms with van der Waals surface area (Å²) < 4.78 is 0. The molecule has 0 radical (unpaired) electrons. The number of anilines is 2. The number of β-amino-alcohol motifs (C(OH)–C–C–N with tert-alkyl or cyclic N) is 1. The molecule has 4 heteroatoms. The van der Waals surface area contributed by atoms with Crippen LogP contribution in [0.25, 0.3) is 0 Å². The summed E-state index contributed by atoms with van der Waals surface area (Å²) in [5, 5.41) is 10.8. The Hall–Kier alpha value is -1.49. The van der Waals surface area contributed by atoms with Crippen LogP contribution in [0.2, 0.25) is 0 Å². The molecule has 2 aliphatic heterocycles. The van der Waals surface area contributed by atoms with E-state index >= 15 is 0 Å². The molecule has 2 aromatic carbocycles. The van der Waals surface area contributed by atoms with E-state index in [-0.39, 0.29) is 6.10 Å². The number of nitrogens with one attached hydrogen (secondary N) is 1. The van der Waals surface area contributed by atoms with Crippen LogP contribution in [0, 0.1) is 0 Å². The highest BCUT2D eigenvalue weighted by Crippen LogP contribution is 2.47. The van der Waals surface area contributed by atoms with Crippen molar-refractivity contribution in [3.05, 3.63) is 48.5 Å². The number of nitrogens with zero attached hydrogens (tertiary/aromatic N) is 1. The van der Waals surface area contributed by atoms with Crippen molar-refractivity contribution in [3.63, 3.8) is 0 Å². The molecule has 25 heavy (non-hydrogen) atoms. The zero-order valence-corrected chi connectivity index (χ0v) is 15.5. The van der Waals surface area contributed by atoms with E-state index < -0.39 is 0 Å². The molecule has 1 atom stereocenters. The summed E-state index contributed by atoms with van der Waals surface area (Å²) in [4.78, 5) is 6.42. The van der Waals surface area contributed by atoms with Gasteiger partial charge in [0.15, 0.2) is 0 Å². The molecule has 2 aliphatic rings. The molecule has 0 aliphatic carbocycles. The Balaban J connectivity index is 1.53. The van der Waals surface area contributed by atoms with Gasteiger partial charge in [-0.05, 0) is 49.9 Å². The smallest absolute Gasteiger partial charge is 0.121 e. The minimum absolute atomic E-state index is 0.308. The maximum Gasteiger partial charge on any atom is 0.121 e. The molecule has 0 unspecified atom stereocenters. The SMILES string of the molecule is O[C@@H](CN1c2ccccc2Sc2ccccc21)C[NH+]1CCCCCC1. The van der Waals surface area contributed by atoms with Crippen molar-refractivity contribution in [2.24, 2.45) is 0 Å². The highest BCUT2D eigenvalue weighted by atomic mass is 32.2. The lowest BCUT2D eigenvalue weighted by molar-refractivity contribution is -0.902. The lowest BCUT2D eigenvalue weighted by Gasteiger charge is -2.34. The van der Waals surface area contributed by atoms with Gasteiger partial charge in [0.1, 0.15) is 12.6 Å². The van der Waals surface area contributed by atoms with Crippen LogP contribution < -0.4 is 9.80 Å². The highest BCUT2D eigenvalue weighted by Gasteiger charge is 2.26. The average molecular weight is 356 g/mol. The van der Waals surface area contributed by atoms with Crippen LogP contribution in [0.1, 0.15) is 25.7 Å². The van der Waals surface area contributed by atoms with E-state index in [0.29, 0.717) is 6.54 Å². The summed E-state index contributed by atoms with van der Waals surface area (Å²) in [5.41, 5.74) is 2.44. The second kappa shape index (κ2) is 7.81. The highest BCUT2D eigenvalue weighted by molar-refractivity contribution is 7.99. The Labute approximate surface area is 154 Å². The Kier molecular flexibility index (Phi) is 5.30. The van der Waals surface area contributed by atoms with Gasteiger partial charge in [-0.3, -0.25) is 0 Å². The van der Waals surface area contributed by atoms with Crippen LogP contribution in [0.3, 0.4) is 0 Å². The van der Waals surface area contributed by atoms with Gasteiger partial charge in [0.05, 0.1) is 31.0 Å². The summed E-state index contributed by atoms with van der Waals surface area (Å²) in [6.07, 6.45) is 4.99. The molecule has 2 aromatic rings. The average Bonchev–Trinajstić information content (AvgIpc) is 2.90. The fraction of sp³-hybridized carbons (Fsp3) is 0.429. The maximum absolute atomic E-state index is 10.8. The van der Waals surface area contributed by atoms with Crippen molar-refractivity contribution in [1.29, 1.82) is 0 Å². The van der Waals surface area contributed by atoms with Gasteiger partial charge in [0.2, 0.25) is 0 Å². The van der Waals surface area contributed by atoms with E-state index in [1.807, 2.05) is 11.8 Å². The molecular weight excluding hydrogens is 328 g/mol. The standard InChI is InChI=1S/C21H26N2OS/c24-17(15-22-13-7-1-2-8-14-22)16-23-18-9-3-5-11-20(18)25-21-12-6-4-10-19(21)23/h3-6,9-12,17,24H,1-2,7-8,13-16H2/p+1/t17-/m1/s1. The first kappa shape index (κ1) is 17.0. The van der Waals surface area contributed by atoms with Crippen molar-refractivity contribution in [2.45, 2.75) is 41.6 Å². The molecule has 2 N–H and O–H groups in total. The third-order valence-corrected chi connectivity index (χ3v) is 6.39. The minimum atomic E-state index is -0.308. The van der Waals surface area contributed by atoms with E-state index in [9.17, 15) is 5.11 Å². The lowest BCUT2D eigenvalue weighted by atomic mass is 10.2. The number of benzene rings is 2. The summed E-state index contributed by atoms with van der Waals surface area (Å²) in [6, 6.07) is 17.1. The molecule has 0 bridgehead atoms. The second-order valence-corrected chi connectivity index (χ2v) is 8.25. The summed E-state index contributed by atoms with van der Waals surface area (Å²) in [6.45, 7) is 3.94. The van der Waals surface area contributed by atoms with E-state index in [0.717, 1.165) is 6.54 Å². The van der Waals surface area contributed by atoms with Crippen LogP contribution in [0.15, 0.2) is 58.3 Å². The zero-order valence-electron chi connectivity index (χ0n) is 14.7. The third-order valence-electron chi connectivity index (χ3n) is 5.26. The van der Waals surface area contributed by atoms with Crippen molar-refractivity contribution in [2.75, 3.05) is 31.1 Å². The van der Waals surface area contributed by atoms with Crippen molar-refractivity contribution >= 4 is 23.1 Å². The van der Waals surface area contributed by atoms with Crippen LogP contribution >= 0.6 is 11.8 Å². The molecule has 132 valence electrons. The number of para-hydroxylation sites is 2. The van der Waals surface area contributed by atoms with Crippen molar-refractivity contribution in [3.8, 4) is 0 Å². The predicted octanol–water partition coefficient (Wildman–Crippen LogP) is 3.11. The van der Waals surface area contributed by atoms with Crippen LogP contribution in [-0.4, -0.2) is 37.4 Å². The Morgan fingerprint density at radius 3 is 2.04 bits per heavy atom. The Morgan fingerprint density at radius 2 is 1.44 bits per heavy atom. The number of aliphatic hydroxyl groups is 1. The number of rotatable bonds is 4. The molecule has 1 saturated heterocycles. The first-order valence-electron chi connectivity index (χ1n) is 9.46. The van der Waals surface area contributed by atoms with Gasteiger partial charge < -0.3 is 14.9 Å². The van der Waals surface area contributed by atoms with Crippen LogP contribution in [-0.2, 0) is 0 Å². The molecule has 1 fully saturated rings. The van der Waals surface area contributed by atoms with E-state index in [2.05, 4.69) is 53.4 Å². The fourth-order valence-corrected chi connectivity index (χ4v) is 5.11. The molecule has 0 spiro atoms. The Bertz CT molecular complexity index is 667. The topological polar surface area (TPSA) is 27.9 Å². The number of hydrogen-bond acceptors (Lipinski definition) is 3. The molecule has 0 aromatic heterocycles. The first-order valence-corrected chi connectivity index (χ1v) is 10.3. The van der Waals surface area contributed by atoms with Gasteiger partial charge in [0.25, 0.3) is 0 Å². The van der Waals surface area contributed by atoms with E-state index in [4.69, 9.17) is 0 Å². The lowest BCUT2D eigenvalue weighted by Crippen LogP contribution is -3.13. The zero-order chi connectivity index (χ0) is 17.1. The minimum Gasteiger partial charge on any atom is -0.385 e. The maximum atomic E-state index is 10.8.